The third-order valence-electron chi connectivity index (χ3n) is 4.52. The van der Waals surface area contributed by atoms with Crippen molar-refractivity contribution in [3.8, 4) is 5.75 Å². The first-order chi connectivity index (χ1) is 13.0. The van der Waals surface area contributed by atoms with Crippen LogP contribution in [0.25, 0.3) is 11.0 Å². The second-order valence-corrected chi connectivity index (χ2v) is 6.76. The van der Waals surface area contributed by atoms with Crippen molar-refractivity contribution in [2.75, 3.05) is 11.9 Å². The van der Waals surface area contributed by atoms with E-state index in [4.69, 9.17) is 20.8 Å². The minimum atomic E-state index is -0.589. The molecule has 1 heterocycles. The van der Waals surface area contributed by atoms with Crippen molar-refractivity contribution in [2.24, 2.45) is 0 Å². The van der Waals surface area contributed by atoms with E-state index in [1.807, 2.05) is 6.07 Å². The molecule has 1 aliphatic carbocycles. The fourth-order valence-corrected chi connectivity index (χ4v) is 3.45. The van der Waals surface area contributed by atoms with E-state index in [0.717, 1.165) is 35.8 Å². The largest absolute Gasteiger partial charge is 0.484 e. The fraction of sp³-hybridized carbons (Fsp3) is 0.200. The van der Waals surface area contributed by atoms with E-state index in [-0.39, 0.29) is 17.9 Å². The monoisotopic (exact) mass is 387 g/mol. The van der Waals surface area contributed by atoms with Crippen molar-refractivity contribution in [3.63, 3.8) is 0 Å². The molecular weight excluding hydrogens is 373 g/mol. The number of amides is 1. The van der Waals surface area contributed by atoms with E-state index in [1.165, 1.54) is 18.2 Å². The van der Waals surface area contributed by atoms with Crippen LogP contribution in [-0.2, 0) is 17.6 Å². The number of halogens is 2. The van der Waals surface area contributed by atoms with Crippen molar-refractivity contribution in [1.29, 1.82) is 0 Å². The number of ether oxygens (including phenoxy) is 1. The third kappa shape index (κ3) is 3.53. The maximum atomic E-state index is 13.7. The zero-order valence-electron chi connectivity index (χ0n) is 14.2. The summed E-state index contributed by atoms with van der Waals surface area (Å²) in [4.78, 5) is 24.0. The van der Waals surface area contributed by atoms with Crippen molar-refractivity contribution in [1.82, 2.24) is 0 Å². The number of fused-ring (bicyclic) bond motifs is 3. The van der Waals surface area contributed by atoms with Crippen LogP contribution in [0.3, 0.4) is 0 Å². The average molecular weight is 388 g/mol. The highest BCUT2D eigenvalue weighted by Crippen LogP contribution is 2.29. The van der Waals surface area contributed by atoms with Gasteiger partial charge in [-0.3, -0.25) is 4.79 Å². The lowest BCUT2D eigenvalue weighted by molar-refractivity contribution is -0.118. The van der Waals surface area contributed by atoms with E-state index in [2.05, 4.69) is 5.32 Å². The smallest absolute Gasteiger partial charge is 0.339 e. The molecule has 1 aliphatic rings. The molecule has 1 amide bonds. The molecule has 0 saturated carbocycles. The molecule has 3 aromatic rings. The van der Waals surface area contributed by atoms with Gasteiger partial charge in [-0.25, -0.2) is 9.18 Å². The summed E-state index contributed by atoms with van der Waals surface area (Å²) in [5.74, 6) is -0.744. The third-order valence-corrected chi connectivity index (χ3v) is 4.75. The minimum absolute atomic E-state index is 0.0174. The fourth-order valence-electron chi connectivity index (χ4n) is 3.28. The van der Waals surface area contributed by atoms with Gasteiger partial charge in [-0.15, -0.1) is 0 Å². The molecule has 1 aromatic heterocycles. The van der Waals surface area contributed by atoms with Crippen LogP contribution in [0.1, 0.15) is 17.5 Å². The Bertz CT molecular complexity index is 1110. The quantitative estimate of drug-likeness (QED) is 0.684. The van der Waals surface area contributed by atoms with Crippen molar-refractivity contribution < 1.29 is 18.3 Å². The first-order valence-electron chi connectivity index (χ1n) is 8.47. The van der Waals surface area contributed by atoms with Crippen molar-refractivity contribution >= 4 is 34.2 Å². The van der Waals surface area contributed by atoms with Gasteiger partial charge in [-0.05, 0) is 55.2 Å². The molecule has 5 nitrogen and oxygen atoms in total. The highest BCUT2D eigenvalue weighted by atomic mass is 35.5. The number of nitrogens with one attached hydrogen (secondary N) is 1. The van der Waals surface area contributed by atoms with Crippen LogP contribution < -0.4 is 15.7 Å². The van der Waals surface area contributed by atoms with Crippen LogP contribution in [0.15, 0.2) is 45.6 Å². The lowest BCUT2D eigenvalue weighted by Gasteiger charge is -2.10. The predicted octanol–water partition coefficient (Wildman–Crippen LogP) is 4.09. The second kappa shape index (κ2) is 7.04. The zero-order chi connectivity index (χ0) is 19.0. The van der Waals surface area contributed by atoms with Gasteiger partial charge in [-0.2, -0.15) is 0 Å². The molecule has 0 aliphatic heterocycles. The summed E-state index contributed by atoms with van der Waals surface area (Å²) >= 11 is 5.80. The number of anilines is 1. The van der Waals surface area contributed by atoms with Crippen LogP contribution in [0.5, 0.6) is 5.75 Å². The van der Waals surface area contributed by atoms with Gasteiger partial charge >= 0.3 is 5.63 Å². The van der Waals surface area contributed by atoms with Gasteiger partial charge in [0.05, 0.1) is 5.69 Å². The summed E-state index contributed by atoms with van der Waals surface area (Å²) in [5, 5.41) is 3.60. The van der Waals surface area contributed by atoms with Gasteiger partial charge in [-0.1, -0.05) is 11.6 Å². The Labute approximate surface area is 158 Å². The molecule has 4 rings (SSSR count). The lowest BCUT2D eigenvalue weighted by atomic mass is 10.1. The lowest BCUT2D eigenvalue weighted by Crippen LogP contribution is -2.20. The van der Waals surface area contributed by atoms with E-state index in [0.29, 0.717) is 16.4 Å². The van der Waals surface area contributed by atoms with Crippen LogP contribution in [-0.4, -0.2) is 12.5 Å². The number of carbonyl (C=O) groups is 1. The number of benzene rings is 2. The molecule has 2 aromatic carbocycles. The standard InChI is InChI=1S/C20H15ClFNO4/c21-11-4-7-16(22)17(8-11)23-19(24)10-26-12-5-6-14-13-2-1-3-15(13)20(25)27-18(14)9-12/h4-9H,1-3,10H2,(H,23,24). The zero-order valence-corrected chi connectivity index (χ0v) is 14.9. The highest BCUT2D eigenvalue weighted by molar-refractivity contribution is 6.30. The molecule has 0 radical (unpaired) electrons. The summed E-state index contributed by atoms with van der Waals surface area (Å²) in [6, 6.07) is 9.01. The predicted molar refractivity (Wildman–Crippen MR) is 100 cm³/mol. The molecular formula is C20H15ClFNO4. The molecule has 0 unspecified atom stereocenters. The number of rotatable bonds is 4. The Balaban J connectivity index is 1.49. The molecule has 0 atom stereocenters. The van der Waals surface area contributed by atoms with Gasteiger partial charge < -0.3 is 14.5 Å². The summed E-state index contributed by atoms with van der Waals surface area (Å²) in [5.41, 5.74) is 1.87. The maximum absolute atomic E-state index is 13.7. The van der Waals surface area contributed by atoms with E-state index >= 15 is 0 Å². The first kappa shape index (κ1) is 17.5. The Kier molecular flexibility index (Phi) is 4.58. The first-order valence-corrected chi connectivity index (χ1v) is 8.85. The maximum Gasteiger partial charge on any atom is 0.339 e. The molecule has 1 N–H and O–H groups in total. The Morgan fingerprint density at radius 1 is 1.19 bits per heavy atom. The Morgan fingerprint density at radius 2 is 2.00 bits per heavy atom. The number of hydrogen-bond donors (Lipinski definition) is 1. The summed E-state index contributed by atoms with van der Waals surface area (Å²) in [7, 11) is 0. The average Bonchev–Trinajstić information content (AvgIpc) is 3.13. The van der Waals surface area contributed by atoms with Gasteiger partial charge in [0.1, 0.15) is 17.1 Å². The summed E-state index contributed by atoms with van der Waals surface area (Å²) < 4.78 is 24.5. The van der Waals surface area contributed by atoms with E-state index in [1.54, 1.807) is 12.1 Å². The SMILES string of the molecule is O=C(COc1ccc2c3c(c(=O)oc2c1)CCC3)Nc1cc(Cl)ccc1F. The molecule has 7 heteroatoms. The van der Waals surface area contributed by atoms with Gasteiger partial charge in [0, 0.05) is 22.0 Å². The molecule has 138 valence electrons. The Morgan fingerprint density at radius 3 is 2.85 bits per heavy atom. The molecule has 0 bridgehead atoms. The van der Waals surface area contributed by atoms with Gasteiger partial charge in [0.25, 0.3) is 5.91 Å². The van der Waals surface area contributed by atoms with Gasteiger partial charge in [0.2, 0.25) is 0 Å². The van der Waals surface area contributed by atoms with E-state index in [9.17, 15) is 14.0 Å². The van der Waals surface area contributed by atoms with Crippen LogP contribution in [0.2, 0.25) is 5.02 Å². The van der Waals surface area contributed by atoms with Crippen LogP contribution >= 0.6 is 11.6 Å². The Hall–Kier alpha value is -2.86. The highest BCUT2D eigenvalue weighted by Gasteiger charge is 2.19. The van der Waals surface area contributed by atoms with Crippen molar-refractivity contribution in [2.45, 2.75) is 19.3 Å². The summed E-state index contributed by atoms with van der Waals surface area (Å²) in [6.45, 7) is -0.327. The minimum Gasteiger partial charge on any atom is -0.484 e. The van der Waals surface area contributed by atoms with Crippen molar-refractivity contribution in [3.05, 3.63) is 68.8 Å². The number of hydrogen-bond acceptors (Lipinski definition) is 4. The second-order valence-electron chi connectivity index (χ2n) is 6.32. The molecule has 27 heavy (non-hydrogen) atoms. The van der Waals surface area contributed by atoms with Crippen LogP contribution in [0.4, 0.5) is 10.1 Å². The molecule has 0 saturated heterocycles. The van der Waals surface area contributed by atoms with E-state index < -0.39 is 11.7 Å². The van der Waals surface area contributed by atoms with Gasteiger partial charge in [0.15, 0.2) is 6.61 Å². The molecule has 0 fully saturated rings. The molecule has 0 spiro atoms. The normalized spacial score (nSPS) is 12.8. The summed E-state index contributed by atoms with van der Waals surface area (Å²) in [6.07, 6.45) is 2.54. The van der Waals surface area contributed by atoms with Crippen LogP contribution in [0, 0.1) is 5.82 Å². The number of aryl methyl sites for hydroxylation is 1. The number of carbonyl (C=O) groups excluding carboxylic acids is 1. The topological polar surface area (TPSA) is 68.5 Å².